The van der Waals surface area contributed by atoms with Gasteiger partial charge in [0.25, 0.3) is 0 Å². The van der Waals surface area contributed by atoms with Gasteiger partial charge in [-0.2, -0.15) is 0 Å². The summed E-state index contributed by atoms with van der Waals surface area (Å²) in [5, 5.41) is 0. The fraction of sp³-hybridized carbons (Fsp3) is 0.733. The van der Waals surface area contributed by atoms with Gasteiger partial charge in [0.1, 0.15) is 0 Å². The van der Waals surface area contributed by atoms with E-state index in [1.54, 1.807) is 5.57 Å². The van der Waals surface area contributed by atoms with Crippen molar-refractivity contribution >= 4 is 0 Å². The molecule has 0 aromatic rings. The Balaban J connectivity index is 2.39. The van der Waals surface area contributed by atoms with Crippen LogP contribution in [0.5, 0.6) is 0 Å². The van der Waals surface area contributed by atoms with Gasteiger partial charge in [-0.25, -0.2) is 0 Å². The Morgan fingerprint density at radius 3 is 2.73 bits per heavy atom. The highest BCUT2D eigenvalue weighted by Gasteiger charge is 2.48. The topological polar surface area (TPSA) is 0 Å². The highest BCUT2D eigenvalue weighted by molar-refractivity contribution is 5.24. The van der Waals surface area contributed by atoms with Gasteiger partial charge < -0.3 is 0 Å². The lowest BCUT2D eigenvalue weighted by Crippen LogP contribution is -2.44. The van der Waals surface area contributed by atoms with Gasteiger partial charge in [0.2, 0.25) is 0 Å². The summed E-state index contributed by atoms with van der Waals surface area (Å²) in [6, 6.07) is 0. The molecule has 2 aliphatic carbocycles. The van der Waals surface area contributed by atoms with Gasteiger partial charge in [-0.15, -0.1) is 0 Å². The summed E-state index contributed by atoms with van der Waals surface area (Å²) in [6.45, 7) is 13.8. The molecule has 2 aliphatic rings. The largest absolute Gasteiger partial charge is 0.0996 e. The Hall–Kier alpha value is -0.520. The number of hydrogen-bond acceptors (Lipinski definition) is 0. The maximum absolute atomic E-state index is 4.26. The third kappa shape index (κ3) is 1.58. The van der Waals surface area contributed by atoms with Crippen LogP contribution in [-0.4, -0.2) is 0 Å². The number of rotatable bonds is 0. The molecule has 0 heterocycles. The van der Waals surface area contributed by atoms with E-state index < -0.39 is 0 Å². The molecule has 0 radical (unpaired) electrons. The van der Waals surface area contributed by atoms with Gasteiger partial charge in [0.05, 0.1) is 0 Å². The van der Waals surface area contributed by atoms with E-state index in [0.717, 1.165) is 0 Å². The number of fused-ring (bicyclic) bond motifs is 1. The van der Waals surface area contributed by atoms with Crippen molar-refractivity contribution in [3.8, 4) is 0 Å². The van der Waals surface area contributed by atoms with Gasteiger partial charge >= 0.3 is 0 Å². The van der Waals surface area contributed by atoms with Crippen LogP contribution in [0.3, 0.4) is 0 Å². The summed E-state index contributed by atoms with van der Waals surface area (Å²) in [5.41, 5.74) is 3.95. The lowest BCUT2D eigenvalue weighted by molar-refractivity contribution is 0.0472. The lowest BCUT2D eigenvalue weighted by atomic mass is 9.50. The Morgan fingerprint density at radius 2 is 2.07 bits per heavy atom. The van der Waals surface area contributed by atoms with Gasteiger partial charge in [0.15, 0.2) is 0 Å². The van der Waals surface area contributed by atoms with Crippen LogP contribution in [-0.2, 0) is 0 Å². The average Bonchev–Trinajstić information content (AvgIpc) is 2.10. The standard InChI is InChI=1S/C15H24/c1-11-6-7-14(4)9-12(2)13(3)10-15(14,5)8-11/h8,13H,2,6-7,9-10H2,1,3-5H3/t13?,14-,15-/m1/s1. The van der Waals surface area contributed by atoms with Crippen LogP contribution in [0.2, 0.25) is 0 Å². The molecular formula is C15H24. The van der Waals surface area contributed by atoms with Gasteiger partial charge in [-0.3, -0.25) is 0 Å². The summed E-state index contributed by atoms with van der Waals surface area (Å²) >= 11 is 0. The van der Waals surface area contributed by atoms with Crippen LogP contribution >= 0.6 is 0 Å². The van der Waals surface area contributed by atoms with E-state index in [0.29, 0.717) is 16.7 Å². The van der Waals surface area contributed by atoms with E-state index in [2.05, 4.69) is 40.3 Å². The highest BCUT2D eigenvalue weighted by Crippen LogP contribution is 2.59. The predicted molar refractivity (Wildman–Crippen MR) is 66.7 cm³/mol. The van der Waals surface area contributed by atoms with Gasteiger partial charge in [-0.05, 0) is 49.4 Å². The summed E-state index contributed by atoms with van der Waals surface area (Å²) in [5.74, 6) is 0.699. The molecule has 1 saturated carbocycles. The van der Waals surface area contributed by atoms with E-state index in [9.17, 15) is 0 Å². The Kier molecular flexibility index (Phi) is 2.37. The van der Waals surface area contributed by atoms with Crippen molar-refractivity contribution in [1.82, 2.24) is 0 Å². The molecule has 0 aromatic carbocycles. The Morgan fingerprint density at radius 1 is 1.40 bits per heavy atom. The first-order valence-corrected chi connectivity index (χ1v) is 6.22. The molecule has 1 fully saturated rings. The molecule has 0 spiro atoms. The minimum atomic E-state index is 0.413. The molecule has 0 nitrogen and oxygen atoms in total. The minimum absolute atomic E-state index is 0.413. The molecule has 0 bridgehead atoms. The second kappa shape index (κ2) is 3.23. The molecular weight excluding hydrogens is 180 g/mol. The molecule has 15 heavy (non-hydrogen) atoms. The van der Waals surface area contributed by atoms with Crippen molar-refractivity contribution in [2.24, 2.45) is 16.7 Å². The summed E-state index contributed by atoms with van der Waals surface area (Å²) < 4.78 is 0. The zero-order chi connectivity index (χ0) is 11.3. The van der Waals surface area contributed by atoms with Crippen LogP contribution in [0.1, 0.15) is 53.4 Å². The molecule has 0 heteroatoms. The second-order valence-corrected chi connectivity index (χ2v) is 6.41. The second-order valence-electron chi connectivity index (χ2n) is 6.41. The van der Waals surface area contributed by atoms with Crippen molar-refractivity contribution in [2.45, 2.75) is 53.4 Å². The number of allylic oxidation sites excluding steroid dienone is 3. The average molecular weight is 204 g/mol. The predicted octanol–water partition coefficient (Wildman–Crippen LogP) is 4.73. The first kappa shape index (κ1) is 11.0. The van der Waals surface area contributed by atoms with Crippen LogP contribution < -0.4 is 0 Å². The monoisotopic (exact) mass is 204 g/mol. The zero-order valence-electron chi connectivity index (χ0n) is 10.7. The first-order chi connectivity index (χ1) is 6.86. The van der Waals surface area contributed by atoms with Gasteiger partial charge in [-0.1, -0.05) is 44.6 Å². The fourth-order valence-electron chi connectivity index (χ4n) is 3.60. The molecule has 2 rings (SSSR count). The Labute approximate surface area is 94.5 Å². The van der Waals surface area contributed by atoms with E-state index in [4.69, 9.17) is 0 Å². The summed E-state index contributed by atoms with van der Waals surface area (Å²) in [6.07, 6.45) is 7.71. The third-order valence-corrected chi connectivity index (χ3v) is 5.06. The van der Waals surface area contributed by atoms with Crippen molar-refractivity contribution in [2.75, 3.05) is 0 Å². The maximum Gasteiger partial charge on any atom is -0.00814 e. The van der Waals surface area contributed by atoms with Gasteiger partial charge in [0, 0.05) is 0 Å². The lowest BCUT2D eigenvalue weighted by Gasteiger charge is -2.54. The first-order valence-electron chi connectivity index (χ1n) is 6.22. The van der Waals surface area contributed by atoms with Crippen LogP contribution in [0.25, 0.3) is 0 Å². The zero-order valence-corrected chi connectivity index (χ0v) is 10.7. The highest BCUT2D eigenvalue weighted by atomic mass is 14.5. The number of hydrogen-bond donors (Lipinski definition) is 0. The van der Waals surface area contributed by atoms with E-state index in [1.807, 2.05) is 0 Å². The van der Waals surface area contributed by atoms with Crippen molar-refractivity contribution in [3.63, 3.8) is 0 Å². The molecule has 84 valence electrons. The van der Waals surface area contributed by atoms with Crippen LogP contribution in [0, 0.1) is 16.7 Å². The SMILES string of the molecule is C=C1C[C@@]2(C)CCC(C)=C[C@]2(C)CC1C. The fourth-order valence-corrected chi connectivity index (χ4v) is 3.60. The minimum Gasteiger partial charge on any atom is -0.0996 e. The van der Waals surface area contributed by atoms with E-state index >= 15 is 0 Å². The smallest absolute Gasteiger partial charge is 0.00814 e. The van der Waals surface area contributed by atoms with Crippen molar-refractivity contribution in [1.29, 1.82) is 0 Å². The van der Waals surface area contributed by atoms with Crippen molar-refractivity contribution in [3.05, 3.63) is 23.8 Å². The summed E-state index contributed by atoms with van der Waals surface area (Å²) in [4.78, 5) is 0. The third-order valence-electron chi connectivity index (χ3n) is 5.06. The Bertz CT molecular complexity index is 323. The van der Waals surface area contributed by atoms with Crippen LogP contribution in [0.15, 0.2) is 23.8 Å². The van der Waals surface area contributed by atoms with E-state index in [1.165, 1.54) is 31.3 Å². The molecule has 0 amide bonds. The van der Waals surface area contributed by atoms with E-state index in [-0.39, 0.29) is 0 Å². The molecule has 0 N–H and O–H groups in total. The summed E-state index contributed by atoms with van der Waals surface area (Å²) in [7, 11) is 0. The normalized spacial score (nSPS) is 46.0. The molecule has 0 aromatic heterocycles. The van der Waals surface area contributed by atoms with Crippen molar-refractivity contribution < 1.29 is 0 Å². The quantitative estimate of drug-likeness (QED) is 0.501. The van der Waals surface area contributed by atoms with Crippen LogP contribution in [0.4, 0.5) is 0 Å². The molecule has 0 aliphatic heterocycles. The molecule has 1 unspecified atom stereocenters. The molecule has 0 saturated heterocycles. The molecule has 3 atom stereocenters. The maximum atomic E-state index is 4.26.